The van der Waals surface area contributed by atoms with Gasteiger partial charge in [-0.15, -0.1) is 0 Å². The van der Waals surface area contributed by atoms with Gasteiger partial charge < -0.3 is 25.2 Å². The van der Waals surface area contributed by atoms with Gasteiger partial charge in [-0.3, -0.25) is 14.8 Å². The Balaban J connectivity index is 0.00000174. The van der Waals surface area contributed by atoms with Gasteiger partial charge in [0.25, 0.3) is 12.4 Å². The molecule has 1 aliphatic heterocycles. The number of aromatic hydroxyl groups is 1. The molecule has 0 unspecified atom stereocenters. The number of nitrogens with one attached hydrogen (secondary N) is 2. The number of piperidine rings is 1. The first-order chi connectivity index (χ1) is 23.8. The highest BCUT2D eigenvalue weighted by Crippen LogP contribution is 2.41. The van der Waals surface area contributed by atoms with Gasteiger partial charge in [-0.05, 0) is 59.9 Å². The Bertz CT molecular complexity index is 1860. The van der Waals surface area contributed by atoms with Crippen LogP contribution < -0.4 is 20.4 Å². The Morgan fingerprint density at radius 3 is 2.37 bits per heavy atom. The average molecular weight is 662 g/mol. The zero-order valence-corrected chi connectivity index (χ0v) is 26.7. The van der Waals surface area contributed by atoms with Gasteiger partial charge >= 0.3 is 0 Å². The van der Waals surface area contributed by atoms with E-state index in [1.54, 1.807) is 42.1 Å². The van der Waals surface area contributed by atoms with Crippen molar-refractivity contribution < 1.29 is 29.7 Å². The third-order valence-electron chi connectivity index (χ3n) is 7.98. The summed E-state index contributed by atoms with van der Waals surface area (Å²) in [5, 5.41) is 48.9. The van der Waals surface area contributed by atoms with Gasteiger partial charge in [-0.25, -0.2) is 15.4 Å². The van der Waals surface area contributed by atoms with Crippen LogP contribution in [0.3, 0.4) is 0 Å². The molecule has 13 nitrogen and oxygen atoms in total. The summed E-state index contributed by atoms with van der Waals surface area (Å²) in [6.45, 7) is 1.93. The lowest BCUT2D eigenvalue weighted by atomic mass is 9.90. The van der Waals surface area contributed by atoms with Crippen LogP contribution in [0, 0.1) is 22.7 Å². The van der Waals surface area contributed by atoms with Crippen molar-refractivity contribution >= 4 is 24.3 Å². The van der Waals surface area contributed by atoms with E-state index in [0.717, 1.165) is 65.1 Å². The van der Waals surface area contributed by atoms with Gasteiger partial charge in [0.05, 0.1) is 19.6 Å². The number of hydroxylamine groups is 1. The summed E-state index contributed by atoms with van der Waals surface area (Å²) in [5.41, 5.74) is 7.56. The average Bonchev–Trinajstić information content (AvgIpc) is 3.14. The van der Waals surface area contributed by atoms with Crippen LogP contribution in [0.25, 0.3) is 28.3 Å². The molecular weight excluding hydrogens is 626 g/mol. The topological polar surface area (TPSA) is 205 Å². The maximum Gasteiger partial charge on any atom is 0.290 e. The number of methoxy groups -OCH3 is 1. The molecular formula is C36H35N7O6. The molecule has 49 heavy (non-hydrogen) atoms. The van der Waals surface area contributed by atoms with E-state index in [1.807, 2.05) is 36.4 Å². The molecule has 2 aromatic heterocycles. The lowest BCUT2D eigenvalue weighted by molar-refractivity contribution is -0.124. The number of benzene rings is 2. The number of carbonyl (C=O) groups excluding carboxylic acids is 1. The van der Waals surface area contributed by atoms with E-state index in [1.165, 1.54) is 13.2 Å². The number of anilines is 1. The number of amides is 1. The number of carboxylic acid groups (broad SMARTS) is 1. The Labute approximate surface area is 283 Å². The number of nitrogens with zero attached hydrogens (tertiary/aromatic N) is 5. The number of phenolic OH excluding ortho intramolecular Hbond substituents is 1. The number of hydrogen-bond acceptors (Lipinski definition) is 11. The SMILES string of the molecule is COc1ccc(-c2cnc(N3CCC(NCc4ccc(/C=C/C(=O)NO)cc4)CC3)c(CC#N)c2-c2ccc(C#N)nc2)cc1O.O=CO. The highest BCUT2D eigenvalue weighted by atomic mass is 16.5. The minimum absolute atomic E-state index is 0.00995. The molecule has 5 N–H and O–H groups in total. The van der Waals surface area contributed by atoms with Gasteiger partial charge in [-0.2, -0.15) is 10.5 Å². The number of hydrogen-bond donors (Lipinski definition) is 5. The van der Waals surface area contributed by atoms with Crippen molar-refractivity contribution in [2.75, 3.05) is 25.1 Å². The van der Waals surface area contributed by atoms with E-state index in [0.29, 0.717) is 23.9 Å². The molecule has 1 amide bonds. The third kappa shape index (κ3) is 9.17. The maximum absolute atomic E-state index is 11.2. The van der Waals surface area contributed by atoms with E-state index < -0.39 is 5.91 Å². The van der Waals surface area contributed by atoms with Crippen molar-refractivity contribution in [2.45, 2.75) is 31.8 Å². The lowest BCUT2D eigenvalue weighted by Crippen LogP contribution is -2.43. The number of nitriles is 2. The van der Waals surface area contributed by atoms with Crippen LogP contribution in [0.2, 0.25) is 0 Å². The molecule has 5 rings (SSSR count). The molecule has 0 saturated carbocycles. The molecule has 0 bridgehead atoms. The van der Waals surface area contributed by atoms with Gasteiger partial charge in [0.2, 0.25) is 0 Å². The normalized spacial score (nSPS) is 12.7. The molecule has 250 valence electrons. The first kappa shape index (κ1) is 35.6. The van der Waals surface area contributed by atoms with Crippen molar-refractivity contribution in [3.63, 3.8) is 0 Å². The zero-order chi connectivity index (χ0) is 35.2. The van der Waals surface area contributed by atoms with E-state index in [-0.39, 0.29) is 24.3 Å². The largest absolute Gasteiger partial charge is 0.504 e. The predicted molar refractivity (Wildman–Crippen MR) is 181 cm³/mol. The fourth-order valence-corrected chi connectivity index (χ4v) is 5.59. The Morgan fingerprint density at radius 1 is 1.06 bits per heavy atom. The van der Waals surface area contributed by atoms with Crippen LogP contribution in [0.15, 0.2) is 73.1 Å². The summed E-state index contributed by atoms with van der Waals surface area (Å²) >= 11 is 0. The molecule has 0 spiro atoms. The summed E-state index contributed by atoms with van der Waals surface area (Å²) < 4.78 is 5.23. The maximum atomic E-state index is 11.2. The highest BCUT2D eigenvalue weighted by molar-refractivity contribution is 5.91. The molecule has 13 heteroatoms. The second-order valence-corrected chi connectivity index (χ2v) is 10.9. The standard InChI is InChI=1S/C35H33N7O4.CH2O2/c1-46-32-10-8-25(18-31(32)43)30-22-40-35(29(12-15-36)34(30)26-7-9-28(19-37)39-21-26)42-16-13-27(14-17-42)38-20-24-4-2-23(3-5-24)6-11-33(44)41-45;2-1-3/h2-11,18,21-22,27,38,43,45H,12-14,16-17,20H2,1H3,(H,41,44);1H,(H,2,3)/b11-6+;. The number of aromatic nitrogens is 2. The van der Waals surface area contributed by atoms with E-state index in [2.05, 4.69) is 27.3 Å². The summed E-state index contributed by atoms with van der Waals surface area (Å²) in [5.74, 6) is 0.495. The summed E-state index contributed by atoms with van der Waals surface area (Å²) in [6, 6.07) is 21.1. The lowest BCUT2D eigenvalue weighted by Gasteiger charge is -2.35. The molecule has 3 heterocycles. The first-order valence-electron chi connectivity index (χ1n) is 15.3. The number of carbonyl (C=O) groups is 2. The van der Waals surface area contributed by atoms with Crippen molar-refractivity contribution in [3.05, 3.63) is 95.5 Å². The van der Waals surface area contributed by atoms with Crippen molar-refractivity contribution in [2.24, 2.45) is 0 Å². The molecule has 0 aliphatic carbocycles. The highest BCUT2D eigenvalue weighted by Gasteiger charge is 2.26. The summed E-state index contributed by atoms with van der Waals surface area (Å²) in [4.78, 5) is 30.9. The minimum atomic E-state index is -0.581. The van der Waals surface area contributed by atoms with Gasteiger partial charge in [0, 0.05) is 66.4 Å². The summed E-state index contributed by atoms with van der Waals surface area (Å²) in [7, 11) is 1.49. The van der Waals surface area contributed by atoms with Crippen molar-refractivity contribution in [1.29, 1.82) is 10.5 Å². The minimum Gasteiger partial charge on any atom is -0.504 e. The van der Waals surface area contributed by atoms with Crippen LogP contribution in [-0.2, 0) is 22.6 Å². The fraction of sp³-hybridized carbons (Fsp3) is 0.222. The van der Waals surface area contributed by atoms with Gasteiger partial charge in [-0.1, -0.05) is 30.3 Å². The molecule has 4 aromatic rings. The Hall–Kier alpha value is -6.28. The smallest absolute Gasteiger partial charge is 0.290 e. The van der Waals surface area contributed by atoms with Crippen LogP contribution >= 0.6 is 0 Å². The van der Waals surface area contributed by atoms with E-state index >= 15 is 0 Å². The van der Waals surface area contributed by atoms with Crippen LogP contribution in [0.5, 0.6) is 11.5 Å². The Kier molecular flexibility index (Phi) is 12.8. The van der Waals surface area contributed by atoms with E-state index in [4.69, 9.17) is 24.8 Å². The number of pyridine rings is 2. The van der Waals surface area contributed by atoms with Crippen molar-refractivity contribution in [1.82, 2.24) is 20.8 Å². The number of phenols is 1. The first-order valence-corrected chi connectivity index (χ1v) is 15.3. The third-order valence-corrected chi connectivity index (χ3v) is 7.98. The van der Waals surface area contributed by atoms with Gasteiger partial charge in [0.15, 0.2) is 11.5 Å². The molecule has 1 saturated heterocycles. The second kappa shape index (κ2) is 17.6. The molecule has 1 aliphatic rings. The Morgan fingerprint density at radius 2 is 1.78 bits per heavy atom. The molecule has 2 aromatic carbocycles. The second-order valence-electron chi connectivity index (χ2n) is 10.9. The zero-order valence-electron chi connectivity index (χ0n) is 26.7. The number of rotatable bonds is 10. The monoisotopic (exact) mass is 661 g/mol. The van der Waals surface area contributed by atoms with Crippen molar-refractivity contribution in [3.8, 4) is 45.9 Å². The predicted octanol–water partition coefficient (Wildman–Crippen LogP) is 4.44. The van der Waals surface area contributed by atoms with Crippen LogP contribution in [0.4, 0.5) is 5.82 Å². The summed E-state index contributed by atoms with van der Waals surface area (Å²) in [6.07, 6.45) is 8.17. The van der Waals surface area contributed by atoms with Crippen LogP contribution in [0.1, 0.15) is 35.2 Å². The molecule has 1 fully saturated rings. The van der Waals surface area contributed by atoms with Crippen LogP contribution in [-0.4, -0.2) is 64.0 Å². The van der Waals surface area contributed by atoms with Gasteiger partial charge in [0.1, 0.15) is 17.6 Å². The molecule has 0 radical (unpaired) electrons. The quantitative estimate of drug-likeness (QED) is 0.0693. The number of ether oxygens (including phenoxy) is 1. The van der Waals surface area contributed by atoms with E-state index in [9.17, 15) is 20.4 Å². The fourth-order valence-electron chi connectivity index (χ4n) is 5.59. The molecule has 0 atom stereocenters.